The van der Waals surface area contributed by atoms with Gasteiger partial charge >= 0.3 is 11.4 Å². The van der Waals surface area contributed by atoms with Gasteiger partial charge in [0, 0.05) is 6.42 Å². The van der Waals surface area contributed by atoms with Crippen molar-refractivity contribution in [1.29, 1.82) is 0 Å². The van der Waals surface area contributed by atoms with E-state index in [1.54, 1.807) is 0 Å². The quantitative estimate of drug-likeness (QED) is 0.621. The number of hydrogen-bond acceptors (Lipinski definition) is 4. The molecule has 1 unspecified atom stereocenters. The van der Waals surface area contributed by atoms with Crippen molar-refractivity contribution in [2.75, 3.05) is 5.75 Å². The second-order valence-electron chi connectivity index (χ2n) is 2.00. The molecular formula is C4H6O5S2. The van der Waals surface area contributed by atoms with Gasteiger partial charge in [0.05, 0.1) is 11.2 Å². The summed E-state index contributed by atoms with van der Waals surface area (Å²) in [7, 11) is -3.17. The van der Waals surface area contributed by atoms with Crippen molar-refractivity contribution in [3.05, 3.63) is 11.2 Å². The van der Waals surface area contributed by atoms with Gasteiger partial charge in [-0.3, -0.25) is 4.55 Å². The molecule has 1 aliphatic rings. The largest absolute Gasteiger partial charge is 0.384 e. The molecule has 0 aromatic carbocycles. The van der Waals surface area contributed by atoms with Crippen molar-refractivity contribution in [1.82, 2.24) is 0 Å². The van der Waals surface area contributed by atoms with Crippen LogP contribution in [-0.4, -0.2) is 22.9 Å². The summed E-state index contributed by atoms with van der Waals surface area (Å²) in [5.74, 6) is 0.00494. The molecule has 0 aliphatic carbocycles. The van der Waals surface area contributed by atoms with E-state index < -0.39 is 21.2 Å². The Bertz CT molecular complexity index is 300. The molecule has 7 heteroatoms. The van der Waals surface area contributed by atoms with Crippen molar-refractivity contribution in [3.63, 3.8) is 0 Å². The molecule has 1 aliphatic heterocycles. The summed E-state index contributed by atoms with van der Waals surface area (Å²) in [6, 6.07) is 0. The van der Waals surface area contributed by atoms with Crippen LogP contribution in [0.1, 0.15) is 6.42 Å². The first-order chi connectivity index (χ1) is 4.99. The third-order valence-electron chi connectivity index (χ3n) is 1.12. The molecule has 0 saturated carbocycles. The Balaban J connectivity index is 2.71. The van der Waals surface area contributed by atoms with E-state index in [4.69, 9.17) is 4.55 Å². The minimum Gasteiger partial charge on any atom is -0.384 e. The molecule has 0 radical (unpaired) electrons. The second kappa shape index (κ2) is 2.92. The van der Waals surface area contributed by atoms with Gasteiger partial charge in [-0.1, -0.05) is 0 Å². The first-order valence-corrected chi connectivity index (χ1v) is 5.47. The van der Waals surface area contributed by atoms with Crippen molar-refractivity contribution in [2.24, 2.45) is 0 Å². The molecule has 0 aromatic heterocycles. The lowest BCUT2D eigenvalue weighted by molar-refractivity contribution is 0.381. The van der Waals surface area contributed by atoms with Crippen LogP contribution in [-0.2, 0) is 25.4 Å². The fourth-order valence-electron chi connectivity index (χ4n) is 0.714. The van der Waals surface area contributed by atoms with Gasteiger partial charge in [0.25, 0.3) is 0 Å². The molecule has 0 bridgehead atoms. The highest BCUT2D eigenvalue weighted by molar-refractivity contribution is 7.94. The van der Waals surface area contributed by atoms with Crippen LogP contribution in [0.25, 0.3) is 0 Å². The van der Waals surface area contributed by atoms with Crippen LogP contribution in [0.3, 0.4) is 0 Å². The van der Waals surface area contributed by atoms with Gasteiger partial charge in [-0.2, -0.15) is 4.21 Å². The standard InChI is InChI=1S/C4H6O5S2/c5-10(6)9-4-1-2-11(7,8)3-4/h3H,1-2H2,(H,5,6). The first kappa shape index (κ1) is 8.69. The highest BCUT2D eigenvalue weighted by Crippen LogP contribution is 2.17. The molecule has 1 N–H and O–H groups in total. The Morgan fingerprint density at radius 3 is 2.64 bits per heavy atom. The van der Waals surface area contributed by atoms with E-state index in [1.165, 1.54) is 0 Å². The molecule has 0 amide bonds. The van der Waals surface area contributed by atoms with Crippen LogP contribution in [0.15, 0.2) is 11.2 Å². The van der Waals surface area contributed by atoms with Crippen LogP contribution < -0.4 is 0 Å². The van der Waals surface area contributed by atoms with Crippen LogP contribution in [0.2, 0.25) is 0 Å². The molecule has 11 heavy (non-hydrogen) atoms. The zero-order valence-corrected chi connectivity index (χ0v) is 7.02. The smallest absolute Gasteiger partial charge is 0.357 e. The maximum Gasteiger partial charge on any atom is 0.357 e. The molecule has 0 saturated heterocycles. The Kier molecular flexibility index (Phi) is 2.31. The molecule has 1 heterocycles. The van der Waals surface area contributed by atoms with E-state index in [0.29, 0.717) is 0 Å². The van der Waals surface area contributed by atoms with E-state index in [0.717, 1.165) is 5.41 Å². The number of hydrogen-bond donors (Lipinski definition) is 1. The first-order valence-electron chi connectivity index (χ1n) is 2.72. The van der Waals surface area contributed by atoms with Crippen LogP contribution in [0.4, 0.5) is 0 Å². The Morgan fingerprint density at radius 1 is 1.64 bits per heavy atom. The summed E-state index contributed by atoms with van der Waals surface area (Å²) in [6.07, 6.45) is 0.175. The highest BCUT2D eigenvalue weighted by Gasteiger charge is 2.20. The number of rotatable bonds is 2. The van der Waals surface area contributed by atoms with E-state index in [1.807, 2.05) is 0 Å². The lowest BCUT2D eigenvalue weighted by Crippen LogP contribution is -1.94. The summed E-state index contributed by atoms with van der Waals surface area (Å²) in [4.78, 5) is 0. The third kappa shape index (κ3) is 2.60. The molecule has 0 fully saturated rings. The minimum atomic E-state index is -3.17. The maximum atomic E-state index is 10.7. The van der Waals surface area contributed by atoms with Gasteiger partial charge in [0.1, 0.15) is 5.76 Å². The van der Waals surface area contributed by atoms with Crippen LogP contribution in [0.5, 0.6) is 0 Å². The average molecular weight is 198 g/mol. The monoisotopic (exact) mass is 198 g/mol. The van der Waals surface area contributed by atoms with E-state index in [9.17, 15) is 12.6 Å². The molecular weight excluding hydrogens is 192 g/mol. The van der Waals surface area contributed by atoms with Gasteiger partial charge in [0.15, 0.2) is 9.84 Å². The van der Waals surface area contributed by atoms with Gasteiger partial charge in [-0.25, -0.2) is 8.42 Å². The second-order valence-corrected chi connectivity index (χ2v) is 4.57. The number of allylic oxidation sites excluding steroid dienone is 1. The molecule has 0 aromatic rings. The van der Waals surface area contributed by atoms with Crippen molar-refractivity contribution < 1.29 is 21.4 Å². The number of sulfone groups is 1. The van der Waals surface area contributed by atoms with E-state index in [2.05, 4.69) is 4.18 Å². The van der Waals surface area contributed by atoms with Crippen molar-refractivity contribution in [3.8, 4) is 0 Å². The lowest BCUT2D eigenvalue weighted by Gasteiger charge is -1.95. The molecule has 1 rings (SSSR count). The fraction of sp³-hybridized carbons (Fsp3) is 0.500. The normalized spacial score (nSPS) is 24.3. The Morgan fingerprint density at radius 2 is 2.27 bits per heavy atom. The fourth-order valence-corrected chi connectivity index (χ4v) is 2.26. The molecule has 1 atom stereocenters. The van der Waals surface area contributed by atoms with Crippen LogP contribution >= 0.6 is 0 Å². The minimum absolute atomic E-state index is 0.0421. The highest BCUT2D eigenvalue weighted by atomic mass is 32.2. The maximum absolute atomic E-state index is 10.7. The predicted molar refractivity (Wildman–Crippen MR) is 38.3 cm³/mol. The molecule has 0 spiro atoms. The Hall–Kier alpha value is -0.400. The summed E-state index contributed by atoms with van der Waals surface area (Å²) in [5, 5.41) is 0.876. The van der Waals surface area contributed by atoms with E-state index in [-0.39, 0.29) is 17.9 Å². The average Bonchev–Trinajstić information content (AvgIpc) is 2.08. The van der Waals surface area contributed by atoms with Crippen LogP contribution in [0, 0.1) is 0 Å². The zero-order chi connectivity index (χ0) is 8.48. The topological polar surface area (TPSA) is 80.7 Å². The summed E-state index contributed by atoms with van der Waals surface area (Å²) in [6.45, 7) is 0. The Labute approximate surface area is 66.5 Å². The van der Waals surface area contributed by atoms with Crippen molar-refractivity contribution in [2.45, 2.75) is 6.42 Å². The van der Waals surface area contributed by atoms with Gasteiger partial charge < -0.3 is 4.18 Å². The predicted octanol–water partition coefficient (Wildman–Crippen LogP) is -0.200. The SMILES string of the molecule is O=S(O)OC1=CS(=O)(=O)CC1. The summed E-state index contributed by atoms with van der Waals surface area (Å²) < 4.78 is 43.8. The van der Waals surface area contributed by atoms with E-state index >= 15 is 0 Å². The summed E-state index contributed by atoms with van der Waals surface area (Å²) >= 11 is -2.42. The van der Waals surface area contributed by atoms with Crippen molar-refractivity contribution >= 4 is 21.2 Å². The molecule has 64 valence electrons. The van der Waals surface area contributed by atoms with Gasteiger partial charge in [-0.05, 0) is 0 Å². The van der Waals surface area contributed by atoms with Gasteiger partial charge in [-0.15, -0.1) is 0 Å². The molecule has 5 nitrogen and oxygen atoms in total. The van der Waals surface area contributed by atoms with Gasteiger partial charge in [0.2, 0.25) is 0 Å². The lowest BCUT2D eigenvalue weighted by atomic mass is 10.4. The summed E-state index contributed by atoms with van der Waals surface area (Å²) in [5.41, 5.74) is 0. The third-order valence-corrected chi connectivity index (χ3v) is 2.87. The zero-order valence-electron chi connectivity index (χ0n) is 5.39.